The number of azide groups is 1. The lowest BCUT2D eigenvalue weighted by Crippen LogP contribution is -2.31. The highest BCUT2D eigenvalue weighted by Crippen LogP contribution is 2.08. The minimum Gasteiger partial charge on any atom is -0.391 e. The van der Waals surface area contributed by atoms with Crippen molar-refractivity contribution < 1.29 is 9.90 Å². The maximum Gasteiger partial charge on any atom is 0.228 e. The molecule has 1 aliphatic heterocycles. The van der Waals surface area contributed by atoms with E-state index >= 15 is 0 Å². The van der Waals surface area contributed by atoms with Crippen molar-refractivity contribution in [2.45, 2.75) is 12.5 Å². The van der Waals surface area contributed by atoms with Gasteiger partial charge in [0.1, 0.15) is 6.54 Å². The molecule has 6 nitrogen and oxygen atoms in total. The summed E-state index contributed by atoms with van der Waals surface area (Å²) in [5.74, 6) is -0.218. The summed E-state index contributed by atoms with van der Waals surface area (Å²) < 4.78 is 0. The fourth-order valence-corrected chi connectivity index (χ4v) is 1.16. The second kappa shape index (κ2) is 3.94. The van der Waals surface area contributed by atoms with Crippen LogP contribution in [0.15, 0.2) is 5.11 Å². The Morgan fingerprint density at radius 2 is 2.58 bits per heavy atom. The predicted octanol–water partition coefficient (Wildman–Crippen LogP) is -0.110. The number of carbonyl (C=O) groups excluding carboxylic acids is 1. The summed E-state index contributed by atoms with van der Waals surface area (Å²) in [4.78, 5) is 15.1. The van der Waals surface area contributed by atoms with Crippen molar-refractivity contribution in [1.82, 2.24) is 4.90 Å². The number of nitrogens with zero attached hydrogens (tertiary/aromatic N) is 4. The predicted molar refractivity (Wildman–Crippen MR) is 41.2 cm³/mol. The van der Waals surface area contributed by atoms with E-state index in [1.54, 1.807) is 0 Å². The van der Waals surface area contributed by atoms with Crippen LogP contribution in [0.5, 0.6) is 0 Å². The molecule has 0 aromatic heterocycles. The van der Waals surface area contributed by atoms with Crippen LogP contribution in [0.3, 0.4) is 0 Å². The van der Waals surface area contributed by atoms with E-state index in [-0.39, 0.29) is 12.5 Å². The summed E-state index contributed by atoms with van der Waals surface area (Å²) in [6, 6.07) is 0. The van der Waals surface area contributed by atoms with Gasteiger partial charge in [-0.1, -0.05) is 5.11 Å². The van der Waals surface area contributed by atoms with Gasteiger partial charge >= 0.3 is 0 Å². The monoisotopic (exact) mass is 170 g/mol. The molecule has 1 N–H and O–H groups in total. The molecule has 66 valence electrons. The van der Waals surface area contributed by atoms with Gasteiger partial charge in [0, 0.05) is 18.0 Å². The van der Waals surface area contributed by atoms with Gasteiger partial charge in [0.05, 0.1) is 6.10 Å². The third-order valence-corrected chi connectivity index (χ3v) is 1.79. The summed E-state index contributed by atoms with van der Waals surface area (Å²) in [5.41, 5.74) is 7.95. The van der Waals surface area contributed by atoms with Gasteiger partial charge in [-0.15, -0.1) is 0 Å². The lowest BCUT2D eigenvalue weighted by molar-refractivity contribution is -0.128. The average molecular weight is 170 g/mol. The molecule has 0 radical (unpaired) electrons. The normalized spacial score (nSPS) is 22.1. The fraction of sp³-hybridized carbons (Fsp3) is 0.833. The number of amides is 1. The van der Waals surface area contributed by atoms with E-state index in [0.29, 0.717) is 19.5 Å². The molecule has 0 aromatic carbocycles. The number of likely N-dealkylation sites (tertiary alicyclic amines) is 1. The van der Waals surface area contributed by atoms with Crippen LogP contribution in [0.2, 0.25) is 0 Å². The van der Waals surface area contributed by atoms with Crippen LogP contribution in [0, 0.1) is 0 Å². The smallest absolute Gasteiger partial charge is 0.228 e. The highest BCUT2D eigenvalue weighted by Gasteiger charge is 2.23. The van der Waals surface area contributed by atoms with E-state index < -0.39 is 6.10 Å². The van der Waals surface area contributed by atoms with Crippen molar-refractivity contribution in [3.63, 3.8) is 0 Å². The number of β-amino-alcohol motifs (C(OH)–C–C–N with tert-alkyl or cyclic N) is 1. The van der Waals surface area contributed by atoms with Crippen molar-refractivity contribution in [1.29, 1.82) is 0 Å². The molecule has 0 spiro atoms. The van der Waals surface area contributed by atoms with Crippen molar-refractivity contribution >= 4 is 5.91 Å². The molecule has 1 amide bonds. The molecule has 12 heavy (non-hydrogen) atoms. The van der Waals surface area contributed by atoms with Crippen LogP contribution in [0.25, 0.3) is 10.4 Å². The molecule has 1 heterocycles. The molecular weight excluding hydrogens is 160 g/mol. The highest BCUT2D eigenvalue weighted by molar-refractivity contribution is 5.78. The van der Waals surface area contributed by atoms with Gasteiger partial charge in [-0.3, -0.25) is 4.79 Å². The van der Waals surface area contributed by atoms with Crippen LogP contribution >= 0.6 is 0 Å². The fourth-order valence-electron chi connectivity index (χ4n) is 1.16. The number of hydrogen-bond acceptors (Lipinski definition) is 3. The minimum atomic E-state index is -0.417. The highest BCUT2D eigenvalue weighted by atomic mass is 16.3. The zero-order chi connectivity index (χ0) is 8.97. The SMILES string of the molecule is [N-]=[N+]=NCC(=O)N1CC[C@@H](O)C1. The van der Waals surface area contributed by atoms with Crippen molar-refractivity contribution in [3.05, 3.63) is 10.4 Å². The molecule has 0 unspecified atom stereocenters. The minimum absolute atomic E-state index is 0.150. The molecule has 0 aliphatic carbocycles. The molecule has 0 bridgehead atoms. The Morgan fingerprint density at radius 3 is 3.08 bits per heavy atom. The standard InChI is InChI=1S/C6H10N4O2/c7-9-8-3-6(12)10-2-1-5(11)4-10/h5,11H,1-4H2/t5-/m1/s1. The number of carbonyl (C=O) groups is 1. The van der Waals surface area contributed by atoms with Crippen LogP contribution < -0.4 is 0 Å². The van der Waals surface area contributed by atoms with Gasteiger partial charge in [-0.05, 0) is 12.0 Å². The summed E-state index contributed by atoms with van der Waals surface area (Å²) in [5, 5.41) is 12.2. The molecule has 1 saturated heterocycles. The van der Waals surface area contributed by atoms with Crippen LogP contribution in [-0.4, -0.2) is 41.7 Å². The van der Waals surface area contributed by atoms with Crippen LogP contribution in [0.4, 0.5) is 0 Å². The Labute approximate surface area is 69.4 Å². The lowest BCUT2D eigenvalue weighted by Gasteiger charge is -2.13. The summed E-state index contributed by atoms with van der Waals surface area (Å²) in [6.45, 7) is 0.768. The van der Waals surface area contributed by atoms with Gasteiger partial charge in [0.15, 0.2) is 0 Å². The van der Waals surface area contributed by atoms with E-state index in [0.717, 1.165) is 0 Å². The summed E-state index contributed by atoms with van der Waals surface area (Å²) in [7, 11) is 0. The van der Waals surface area contributed by atoms with Crippen LogP contribution in [0.1, 0.15) is 6.42 Å². The molecule has 0 aromatic rings. The van der Waals surface area contributed by atoms with Gasteiger partial charge in [0.2, 0.25) is 5.91 Å². The number of rotatable bonds is 2. The van der Waals surface area contributed by atoms with E-state index in [4.69, 9.17) is 10.6 Å². The Morgan fingerprint density at radius 1 is 1.83 bits per heavy atom. The average Bonchev–Trinajstić information content (AvgIpc) is 2.47. The van der Waals surface area contributed by atoms with E-state index in [1.165, 1.54) is 4.90 Å². The molecule has 1 aliphatic rings. The van der Waals surface area contributed by atoms with Gasteiger partial charge < -0.3 is 10.0 Å². The molecule has 6 heteroatoms. The van der Waals surface area contributed by atoms with E-state index in [1.807, 2.05) is 0 Å². The van der Waals surface area contributed by atoms with Gasteiger partial charge in [-0.2, -0.15) is 0 Å². The third kappa shape index (κ3) is 2.11. The molecular formula is C6H10N4O2. The first kappa shape index (κ1) is 8.83. The topological polar surface area (TPSA) is 89.3 Å². The first-order valence-corrected chi connectivity index (χ1v) is 3.70. The Kier molecular flexibility index (Phi) is 2.90. The molecule has 1 atom stereocenters. The van der Waals surface area contributed by atoms with Gasteiger partial charge in [0.25, 0.3) is 0 Å². The van der Waals surface area contributed by atoms with Gasteiger partial charge in [-0.25, -0.2) is 0 Å². The zero-order valence-corrected chi connectivity index (χ0v) is 6.55. The number of aliphatic hydroxyl groups excluding tert-OH is 1. The Balaban J connectivity index is 2.38. The first-order chi connectivity index (χ1) is 5.74. The maximum atomic E-state index is 11.1. The Hall–Kier alpha value is -1.26. The van der Waals surface area contributed by atoms with Crippen LogP contribution in [-0.2, 0) is 4.79 Å². The van der Waals surface area contributed by atoms with E-state index in [9.17, 15) is 4.79 Å². The lowest BCUT2D eigenvalue weighted by atomic mass is 10.3. The summed E-state index contributed by atoms with van der Waals surface area (Å²) in [6.07, 6.45) is 0.196. The van der Waals surface area contributed by atoms with Crippen molar-refractivity contribution in [2.24, 2.45) is 5.11 Å². The zero-order valence-electron chi connectivity index (χ0n) is 6.55. The molecule has 0 saturated carbocycles. The molecule has 1 fully saturated rings. The number of aliphatic hydroxyl groups is 1. The van der Waals surface area contributed by atoms with E-state index in [2.05, 4.69) is 10.0 Å². The second-order valence-electron chi connectivity index (χ2n) is 2.67. The third-order valence-electron chi connectivity index (χ3n) is 1.79. The largest absolute Gasteiger partial charge is 0.391 e. The quantitative estimate of drug-likeness (QED) is 0.356. The van der Waals surface area contributed by atoms with Crippen molar-refractivity contribution in [3.8, 4) is 0 Å². The first-order valence-electron chi connectivity index (χ1n) is 3.70. The maximum absolute atomic E-state index is 11.1. The second-order valence-corrected chi connectivity index (χ2v) is 2.67. The molecule has 1 rings (SSSR count). The van der Waals surface area contributed by atoms with Crippen molar-refractivity contribution in [2.75, 3.05) is 19.6 Å². The Bertz CT molecular complexity index is 224. The summed E-state index contributed by atoms with van der Waals surface area (Å²) >= 11 is 0. The number of hydrogen-bond donors (Lipinski definition) is 1.